The second-order valence-electron chi connectivity index (χ2n) is 8.96. The van der Waals surface area contributed by atoms with Crippen molar-refractivity contribution in [1.82, 2.24) is 16.0 Å². The monoisotopic (exact) mass is 461 g/mol. The molecule has 9 heteroatoms. The Kier molecular flexibility index (Phi) is 9.69. The van der Waals surface area contributed by atoms with Crippen molar-refractivity contribution in [2.24, 2.45) is 17.8 Å². The second kappa shape index (κ2) is 12.2. The topological polar surface area (TPSA) is 134 Å². The minimum absolute atomic E-state index is 0.0189. The highest BCUT2D eigenvalue weighted by atomic mass is 16.5. The summed E-state index contributed by atoms with van der Waals surface area (Å²) in [5.41, 5.74) is 0.747. The van der Waals surface area contributed by atoms with Gasteiger partial charge in [-0.05, 0) is 44.1 Å². The average Bonchev–Trinajstić information content (AvgIpc) is 2.78. The van der Waals surface area contributed by atoms with E-state index in [2.05, 4.69) is 29.8 Å². The highest BCUT2D eigenvalue weighted by Crippen LogP contribution is 2.28. The third-order valence-electron chi connectivity index (χ3n) is 6.26. The molecule has 6 atom stereocenters. The van der Waals surface area contributed by atoms with Gasteiger partial charge in [-0.3, -0.25) is 14.4 Å². The molecule has 4 N–H and O–H groups in total. The lowest BCUT2D eigenvalue weighted by Gasteiger charge is -2.36. The highest BCUT2D eigenvalue weighted by Gasteiger charge is 2.35. The van der Waals surface area contributed by atoms with E-state index in [1.165, 1.54) is 13.8 Å². The van der Waals surface area contributed by atoms with Crippen LogP contribution in [0.5, 0.6) is 0 Å². The number of carbonyl (C=O) groups excluding carboxylic acids is 3. The Bertz CT molecular complexity index is 821. The van der Waals surface area contributed by atoms with Crippen LogP contribution in [0, 0.1) is 17.8 Å². The maximum absolute atomic E-state index is 12.8. The molecule has 0 saturated heterocycles. The van der Waals surface area contributed by atoms with E-state index in [0.717, 1.165) is 24.8 Å². The molecule has 0 spiro atoms. The Balaban J connectivity index is 1.97. The molecular weight excluding hydrogens is 426 g/mol. The van der Waals surface area contributed by atoms with E-state index >= 15 is 0 Å². The Morgan fingerprint density at radius 3 is 2.18 bits per heavy atom. The van der Waals surface area contributed by atoms with Crippen LogP contribution in [0.25, 0.3) is 0 Å². The number of benzene rings is 1. The van der Waals surface area contributed by atoms with Crippen LogP contribution in [-0.4, -0.2) is 47.1 Å². The fraction of sp³-hybridized carbons (Fsp3) is 0.583. The van der Waals surface area contributed by atoms with Crippen LogP contribution >= 0.6 is 0 Å². The molecule has 0 radical (unpaired) electrons. The van der Waals surface area contributed by atoms with Crippen molar-refractivity contribution in [2.45, 2.75) is 71.7 Å². The maximum atomic E-state index is 12.8. The van der Waals surface area contributed by atoms with E-state index in [4.69, 9.17) is 4.74 Å². The summed E-state index contributed by atoms with van der Waals surface area (Å²) in [6.07, 6.45) is 2.27. The minimum Gasteiger partial charge on any atom is -0.481 e. The first-order valence-corrected chi connectivity index (χ1v) is 11.4. The summed E-state index contributed by atoms with van der Waals surface area (Å²) in [7, 11) is 0. The summed E-state index contributed by atoms with van der Waals surface area (Å²) in [4.78, 5) is 49.2. The number of carboxylic acid groups (broad SMARTS) is 1. The first kappa shape index (κ1) is 26.2. The molecule has 9 nitrogen and oxygen atoms in total. The van der Waals surface area contributed by atoms with Crippen LogP contribution in [0.3, 0.4) is 0 Å². The van der Waals surface area contributed by atoms with Crippen LogP contribution in [0.2, 0.25) is 0 Å². The first-order chi connectivity index (χ1) is 15.6. The summed E-state index contributed by atoms with van der Waals surface area (Å²) < 4.78 is 5.11. The van der Waals surface area contributed by atoms with Crippen molar-refractivity contribution < 1.29 is 29.0 Å². The molecule has 0 aliphatic heterocycles. The molecule has 1 fully saturated rings. The number of ether oxygens (including phenoxy) is 1. The van der Waals surface area contributed by atoms with Crippen molar-refractivity contribution in [3.63, 3.8) is 0 Å². The zero-order valence-electron chi connectivity index (χ0n) is 19.7. The van der Waals surface area contributed by atoms with Crippen molar-refractivity contribution in [2.75, 3.05) is 0 Å². The van der Waals surface area contributed by atoms with Crippen molar-refractivity contribution >= 4 is 23.9 Å². The molecule has 1 saturated carbocycles. The lowest BCUT2D eigenvalue weighted by atomic mass is 9.78. The highest BCUT2D eigenvalue weighted by molar-refractivity contribution is 5.93. The van der Waals surface area contributed by atoms with Gasteiger partial charge in [0.15, 0.2) is 0 Å². The number of nitrogens with one attached hydrogen (secondary N) is 3. The van der Waals surface area contributed by atoms with E-state index in [-0.39, 0.29) is 18.6 Å². The normalized spacial score (nSPS) is 22.8. The molecule has 0 bridgehead atoms. The van der Waals surface area contributed by atoms with E-state index in [9.17, 15) is 24.3 Å². The second-order valence-corrected chi connectivity index (χ2v) is 8.96. The third kappa shape index (κ3) is 7.76. The molecule has 0 heterocycles. The summed E-state index contributed by atoms with van der Waals surface area (Å²) in [6.45, 7) is 7.00. The van der Waals surface area contributed by atoms with Gasteiger partial charge in [0.05, 0.1) is 5.92 Å². The molecule has 182 valence electrons. The van der Waals surface area contributed by atoms with Crippen LogP contribution in [0.1, 0.15) is 52.5 Å². The number of carboxylic acids is 1. The maximum Gasteiger partial charge on any atom is 0.408 e. The van der Waals surface area contributed by atoms with Crippen molar-refractivity contribution in [3.8, 4) is 0 Å². The van der Waals surface area contributed by atoms with Crippen LogP contribution in [-0.2, 0) is 25.7 Å². The zero-order chi connectivity index (χ0) is 24.5. The van der Waals surface area contributed by atoms with Crippen LogP contribution in [0.15, 0.2) is 30.3 Å². The summed E-state index contributed by atoms with van der Waals surface area (Å²) in [5, 5.41) is 17.3. The number of carbonyl (C=O) groups is 4. The molecule has 1 aromatic carbocycles. The van der Waals surface area contributed by atoms with E-state index in [1.54, 1.807) is 24.3 Å². The van der Waals surface area contributed by atoms with Gasteiger partial charge in [-0.1, -0.05) is 50.6 Å². The lowest BCUT2D eigenvalue weighted by Crippen LogP contribution is -2.57. The Labute approximate surface area is 194 Å². The van der Waals surface area contributed by atoms with E-state index < -0.39 is 36.0 Å². The molecule has 33 heavy (non-hydrogen) atoms. The van der Waals surface area contributed by atoms with Gasteiger partial charge >= 0.3 is 12.1 Å². The Hall–Kier alpha value is -3.10. The lowest BCUT2D eigenvalue weighted by molar-refractivity contribution is -0.145. The number of aliphatic carboxylic acids is 1. The van der Waals surface area contributed by atoms with Crippen molar-refractivity contribution in [3.05, 3.63) is 35.9 Å². The van der Waals surface area contributed by atoms with Gasteiger partial charge in [0, 0.05) is 6.04 Å². The zero-order valence-corrected chi connectivity index (χ0v) is 19.7. The van der Waals surface area contributed by atoms with E-state index in [0.29, 0.717) is 11.8 Å². The van der Waals surface area contributed by atoms with Crippen LogP contribution in [0.4, 0.5) is 4.79 Å². The summed E-state index contributed by atoms with van der Waals surface area (Å²) in [5.74, 6) is -2.94. The van der Waals surface area contributed by atoms with Gasteiger partial charge in [0.25, 0.3) is 0 Å². The number of alkyl carbamates (subject to hydrolysis) is 1. The fourth-order valence-electron chi connectivity index (χ4n) is 4.08. The minimum atomic E-state index is -1.41. The van der Waals surface area contributed by atoms with Gasteiger partial charge < -0.3 is 25.8 Å². The number of hydrogen-bond acceptors (Lipinski definition) is 5. The number of hydrogen-bond donors (Lipinski definition) is 4. The predicted octanol–water partition coefficient (Wildman–Crippen LogP) is 2.45. The number of rotatable bonds is 9. The molecule has 1 aromatic rings. The van der Waals surface area contributed by atoms with Gasteiger partial charge in [0.1, 0.15) is 18.7 Å². The smallest absolute Gasteiger partial charge is 0.408 e. The molecule has 2 rings (SSSR count). The summed E-state index contributed by atoms with van der Waals surface area (Å²) >= 11 is 0. The molecule has 3 amide bonds. The standard InChI is InChI=1S/C24H35N3O6/c1-14-9-8-10-15(2)19(14)26-21(28)17(4)25-22(29)20(16(3)23(30)31)27-24(32)33-13-18-11-6-5-7-12-18/h5-7,11-12,14-17,19-20H,8-10,13H2,1-4H3,(H,25,29)(H,26,28)(H,27,32)(H,30,31)/t14-,15+,16?,17-,19?,20+/m1/s1. The Morgan fingerprint density at radius 1 is 1.00 bits per heavy atom. The van der Waals surface area contributed by atoms with Gasteiger partial charge in [-0.25, -0.2) is 4.79 Å². The predicted molar refractivity (Wildman–Crippen MR) is 122 cm³/mol. The van der Waals surface area contributed by atoms with Crippen molar-refractivity contribution in [1.29, 1.82) is 0 Å². The van der Waals surface area contributed by atoms with Crippen LogP contribution < -0.4 is 16.0 Å². The quantitative estimate of drug-likeness (QED) is 0.446. The van der Waals surface area contributed by atoms with Gasteiger partial charge in [-0.2, -0.15) is 0 Å². The SMILES string of the molecule is CC(C(=O)O)[C@H](NC(=O)OCc1ccccc1)C(=O)N[C@H](C)C(=O)NC1[C@H](C)CCC[C@@H]1C. The first-order valence-electron chi connectivity index (χ1n) is 11.4. The molecular formula is C24H35N3O6. The third-order valence-corrected chi connectivity index (χ3v) is 6.26. The molecule has 1 aliphatic carbocycles. The fourth-order valence-corrected chi connectivity index (χ4v) is 4.08. The molecule has 0 aromatic heterocycles. The van der Waals surface area contributed by atoms with E-state index in [1.807, 2.05) is 6.07 Å². The molecule has 2 unspecified atom stereocenters. The molecule has 1 aliphatic rings. The van der Waals surface area contributed by atoms with Gasteiger partial charge in [0.2, 0.25) is 11.8 Å². The van der Waals surface area contributed by atoms with Gasteiger partial charge in [-0.15, -0.1) is 0 Å². The largest absolute Gasteiger partial charge is 0.481 e. The Morgan fingerprint density at radius 2 is 1.61 bits per heavy atom. The average molecular weight is 462 g/mol. The number of amides is 3. The summed E-state index contributed by atoms with van der Waals surface area (Å²) in [6, 6.07) is 6.66.